The van der Waals surface area contributed by atoms with Crippen LogP contribution in [-0.4, -0.2) is 14.3 Å². The third kappa shape index (κ3) is 5.69. The molecule has 0 saturated heterocycles. The fraction of sp³-hybridized carbons (Fsp3) is 0.316. The normalized spacial score (nSPS) is 12.8. The van der Waals surface area contributed by atoms with Crippen molar-refractivity contribution >= 4 is 21.6 Å². The maximum Gasteiger partial charge on any atom is 0.241 e. The van der Waals surface area contributed by atoms with Gasteiger partial charge in [-0.05, 0) is 42.2 Å². The predicted molar refractivity (Wildman–Crippen MR) is 99.7 cm³/mol. The van der Waals surface area contributed by atoms with E-state index in [0.29, 0.717) is 18.0 Å². The molecule has 2 N–H and O–H groups in total. The lowest BCUT2D eigenvalue weighted by Gasteiger charge is -2.21. The van der Waals surface area contributed by atoms with E-state index in [4.69, 9.17) is 0 Å². The molecule has 25 heavy (non-hydrogen) atoms. The van der Waals surface area contributed by atoms with Crippen molar-refractivity contribution in [3.05, 3.63) is 60.2 Å². The summed E-state index contributed by atoms with van der Waals surface area (Å²) in [5.74, 6) is 0.143. The maximum absolute atomic E-state index is 12.7. The van der Waals surface area contributed by atoms with Crippen molar-refractivity contribution in [3.8, 4) is 0 Å². The number of carbonyl (C=O) groups excluding carboxylic acids is 1. The lowest BCUT2D eigenvalue weighted by molar-refractivity contribution is -0.114. The number of anilines is 1. The molecule has 134 valence electrons. The molecular formula is C19H24N2O3S. The van der Waals surface area contributed by atoms with E-state index in [1.165, 1.54) is 19.1 Å². The summed E-state index contributed by atoms with van der Waals surface area (Å²) < 4.78 is 28.3. The van der Waals surface area contributed by atoms with Crippen LogP contribution in [0.3, 0.4) is 0 Å². The number of nitrogens with one attached hydrogen (secondary N) is 2. The van der Waals surface area contributed by atoms with Gasteiger partial charge < -0.3 is 5.32 Å². The Morgan fingerprint density at radius 2 is 1.60 bits per heavy atom. The predicted octanol–water partition coefficient (Wildman–Crippen LogP) is 3.71. The molecule has 2 aromatic rings. The molecule has 0 bridgehead atoms. The van der Waals surface area contributed by atoms with Crippen molar-refractivity contribution in [2.24, 2.45) is 5.92 Å². The van der Waals surface area contributed by atoms with E-state index in [1.54, 1.807) is 12.1 Å². The summed E-state index contributed by atoms with van der Waals surface area (Å²) in [6, 6.07) is 15.4. The first-order valence-corrected chi connectivity index (χ1v) is 9.71. The first-order valence-electron chi connectivity index (χ1n) is 8.23. The van der Waals surface area contributed by atoms with Gasteiger partial charge in [0.15, 0.2) is 0 Å². The number of rotatable bonds is 7. The molecule has 0 saturated carbocycles. The minimum absolute atomic E-state index is 0.172. The van der Waals surface area contributed by atoms with Crippen LogP contribution >= 0.6 is 0 Å². The van der Waals surface area contributed by atoms with Crippen molar-refractivity contribution in [2.75, 3.05) is 5.32 Å². The first kappa shape index (κ1) is 19.1. The fourth-order valence-corrected chi connectivity index (χ4v) is 3.82. The second-order valence-corrected chi connectivity index (χ2v) is 8.13. The molecule has 2 aromatic carbocycles. The van der Waals surface area contributed by atoms with Crippen molar-refractivity contribution in [1.29, 1.82) is 0 Å². The number of carbonyl (C=O) groups is 1. The number of hydrogen-bond acceptors (Lipinski definition) is 3. The molecule has 5 nitrogen and oxygen atoms in total. The van der Waals surface area contributed by atoms with Gasteiger partial charge in [0.05, 0.1) is 4.90 Å². The minimum Gasteiger partial charge on any atom is -0.326 e. The zero-order chi connectivity index (χ0) is 18.4. The molecule has 0 unspecified atom stereocenters. The summed E-state index contributed by atoms with van der Waals surface area (Å²) in [6.07, 6.45) is 0.702. The van der Waals surface area contributed by atoms with Crippen LogP contribution in [0.25, 0.3) is 0 Å². The first-order chi connectivity index (χ1) is 11.8. The molecular weight excluding hydrogens is 336 g/mol. The van der Waals surface area contributed by atoms with Crippen molar-refractivity contribution < 1.29 is 13.2 Å². The summed E-state index contributed by atoms with van der Waals surface area (Å²) in [5, 5.41) is 2.62. The molecule has 0 aliphatic rings. The Hall–Kier alpha value is -2.18. The highest BCUT2D eigenvalue weighted by atomic mass is 32.2. The number of sulfonamides is 1. The Morgan fingerprint density at radius 1 is 1.00 bits per heavy atom. The molecule has 0 aromatic heterocycles. The molecule has 2 rings (SSSR count). The largest absolute Gasteiger partial charge is 0.326 e. The molecule has 6 heteroatoms. The van der Waals surface area contributed by atoms with Crippen LogP contribution in [0.5, 0.6) is 0 Å². The Kier molecular flexibility index (Phi) is 6.33. The Morgan fingerprint density at radius 3 is 2.12 bits per heavy atom. The Balaban J connectivity index is 2.23. The average Bonchev–Trinajstić information content (AvgIpc) is 2.54. The quantitative estimate of drug-likeness (QED) is 0.790. The number of benzene rings is 2. The number of amides is 1. The van der Waals surface area contributed by atoms with Crippen molar-refractivity contribution in [3.63, 3.8) is 0 Å². The summed E-state index contributed by atoms with van der Waals surface area (Å²) in [4.78, 5) is 11.2. The molecule has 0 fully saturated rings. The van der Waals surface area contributed by atoms with Crippen LogP contribution in [0, 0.1) is 5.92 Å². The fourth-order valence-electron chi connectivity index (χ4n) is 2.58. The average molecular weight is 360 g/mol. The van der Waals surface area contributed by atoms with Crippen LogP contribution < -0.4 is 10.0 Å². The highest BCUT2D eigenvalue weighted by Gasteiger charge is 2.22. The van der Waals surface area contributed by atoms with Crippen molar-refractivity contribution in [2.45, 2.75) is 38.1 Å². The minimum atomic E-state index is -3.66. The lowest BCUT2D eigenvalue weighted by Crippen LogP contribution is -2.29. The van der Waals surface area contributed by atoms with E-state index in [0.717, 1.165) is 5.56 Å². The second kappa shape index (κ2) is 8.27. The van der Waals surface area contributed by atoms with E-state index in [1.807, 2.05) is 30.3 Å². The van der Waals surface area contributed by atoms with Crippen LogP contribution in [0.15, 0.2) is 59.5 Å². The van der Waals surface area contributed by atoms with E-state index in [9.17, 15) is 13.2 Å². The topological polar surface area (TPSA) is 75.3 Å². The lowest BCUT2D eigenvalue weighted by atomic mass is 9.98. The highest BCUT2D eigenvalue weighted by Crippen LogP contribution is 2.24. The van der Waals surface area contributed by atoms with Gasteiger partial charge in [-0.15, -0.1) is 0 Å². The van der Waals surface area contributed by atoms with Gasteiger partial charge >= 0.3 is 0 Å². The van der Waals surface area contributed by atoms with Gasteiger partial charge in [-0.3, -0.25) is 4.79 Å². The Labute approximate surface area is 149 Å². The SMILES string of the molecule is CC(=O)Nc1ccc(S(=O)(=O)N[C@H](CC(C)C)c2ccccc2)cc1. The summed E-state index contributed by atoms with van der Waals surface area (Å²) in [5.41, 5.74) is 1.50. The van der Waals surface area contributed by atoms with Gasteiger partial charge in [0.25, 0.3) is 0 Å². The third-order valence-corrected chi connectivity index (χ3v) is 5.18. The monoisotopic (exact) mass is 360 g/mol. The molecule has 0 heterocycles. The van der Waals surface area contributed by atoms with E-state index in [-0.39, 0.29) is 16.8 Å². The van der Waals surface area contributed by atoms with Gasteiger partial charge in [0, 0.05) is 18.7 Å². The van der Waals surface area contributed by atoms with Crippen LogP contribution in [0.2, 0.25) is 0 Å². The smallest absolute Gasteiger partial charge is 0.241 e. The van der Waals surface area contributed by atoms with E-state index in [2.05, 4.69) is 23.9 Å². The molecule has 0 aliphatic carbocycles. The molecule has 1 atom stereocenters. The van der Waals surface area contributed by atoms with Gasteiger partial charge in [-0.25, -0.2) is 13.1 Å². The van der Waals surface area contributed by atoms with Gasteiger partial charge in [-0.1, -0.05) is 44.2 Å². The van der Waals surface area contributed by atoms with Crippen molar-refractivity contribution in [1.82, 2.24) is 4.72 Å². The van der Waals surface area contributed by atoms with Crippen LogP contribution in [0.1, 0.15) is 38.8 Å². The zero-order valence-electron chi connectivity index (χ0n) is 14.7. The van der Waals surface area contributed by atoms with E-state index >= 15 is 0 Å². The zero-order valence-corrected chi connectivity index (χ0v) is 15.5. The molecule has 0 radical (unpaired) electrons. The standard InChI is InChI=1S/C19H24N2O3S/c1-14(2)13-19(16-7-5-4-6-8-16)21-25(23,24)18-11-9-17(10-12-18)20-15(3)22/h4-12,14,19,21H,13H2,1-3H3,(H,20,22)/t19-/m1/s1. The molecule has 1 amide bonds. The summed E-state index contributed by atoms with van der Waals surface area (Å²) in [7, 11) is -3.66. The maximum atomic E-state index is 12.7. The second-order valence-electron chi connectivity index (χ2n) is 6.42. The van der Waals surface area contributed by atoms with Gasteiger partial charge in [0.1, 0.15) is 0 Å². The third-order valence-electron chi connectivity index (χ3n) is 3.69. The van der Waals surface area contributed by atoms with Gasteiger partial charge in [-0.2, -0.15) is 0 Å². The summed E-state index contributed by atoms with van der Waals surface area (Å²) in [6.45, 7) is 5.53. The summed E-state index contributed by atoms with van der Waals surface area (Å²) >= 11 is 0. The molecule has 0 spiro atoms. The molecule has 0 aliphatic heterocycles. The van der Waals surface area contributed by atoms with Crippen LogP contribution in [0.4, 0.5) is 5.69 Å². The number of hydrogen-bond donors (Lipinski definition) is 2. The van der Waals surface area contributed by atoms with Gasteiger partial charge in [0.2, 0.25) is 15.9 Å². The van der Waals surface area contributed by atoms with E-state index < -0.39 is 10.0 Å². The van der Waals surface area contributed by atoms with Crippen LogP contribution in [-0.2, 0) is 14.8 Å². The Bertz CT molecular complexity index is 800. The highest BCUT2D eigenvalue weighted by molar-refractivity contribution is 7.89.